The van der Waals surface area contributed by atoms with E-state index >= 15 is 0 Å². The first-order valence-corrected chi connectivity index (χ1v) is 9.65. The molecule has 4 nitrogen and oxygen atoms in total. The van der Waals surface area contributed by atoms with Gasteiger partial charge in [0.15, 0.2) is 5.82 Å². The standard InChI is InChI=1S/C18H33ClN4/c1-3-5-6-7-8-9-10-11-12-13-14-22-23-18-17(19)16(4-2)20-15-21-18/h15,22H,3-14H2,1-2H3,(H,20,21,23). The van der Waals surface area contributed by atoms with Crippen molar-refractivity contribution in [1.82, 2.24) is 15.4 Å². The molecule has 0 unspecified atom stereocenters. The van der Waals surface area contributed by atoms with Gasteiger partial charge in [0.1, 0.15) is 11.3 Å². The van der Waals surface area contributed by atoms with Crippen LogP contribution in [0.2, 0.25) is 5.02 Å². The summed E-state index contributed by atoms with van der Waals surface area (Å²) in [6, 6.07) is 0. The van der Waals surface area contributed by atoms with Crippen LogP contribution in [0.5, 0.6) is 0 Å². The Morgan fingerprint density at radius 2 is 1.48 bits per heavy atom. The zero-order valence-corrected chi connectivity index (χ0v) is 15.6. The molecule has 0 saturated heterocycles. The van der Waals surface area contributed by atoms with E-state index in [1.165, 1.54) is 64.2 Å². The van der Waals surface area contributed by atoms with Crippen LogP contribution < -0.4 is 10.9 Å². The molecule has 0 aromatic carbocycles. The van der Waals surface area contributed by atoms with Gasteiger partial charge < -0.3 is 5.43 Å². The van der Waals surface area contributed by atoms with Crippen LogP contribution in [-0.2, 0) is 6.42 Å². The number of nitrogens with one attached hydrogen (secondary N) is 2. The van der Waals surface area contributed by atoms with Crippen molar-refractivity contribution >= 4 is 17.4 Å². The zero-order valence-electron chi connectivity index (χ0n) is 14.8. The third kappa shape index (κ3) is 9.11. The van der Waals surface area contributed by atoms with E-state index in [1.54, 1.807) is 6.33 Å². The number of aromatic nitrogens is 2. The lowest BCUT2D eigenvalue weighted by atomic mass is 10.1. The molecule has 0 spiro atoms. The molecule has 23 heavy (non-hydrogen) atoms. The summed E-state index contributed by atoms with van der Waals surface area (Å²) < 4.78 is 0. The molecular formula is C18H33ClN4. The third-order valence-electron chi connectivity index (χ3n) is 4.06. The molecule has 0 bridgehead atoms. The Morgan fingerprint density at radius 1 is 0.870 bits per heavy atom. The number of aryl methyl sites for hydroxylation is 1. The average Bonchev–Trinajstić information content (AvgIpc) is 2.57. The Morgan fingerprint density at radius 3 is 2.09 bits per heavy atom. The third-order valence-corrected chi connectivity index (χ3v) is 4.46. The van der Waals surface area contributed by atoms with E-state index < -0.39 is 0 Å². The van der Waals surface area contributed by atoms with Crippen LogP contribution in [0.15, 0.2) is 6.33 Å². The van der Waals surface area contributed by atoms with Crippen LogP contribution in [0.1, 0.15) is 83.7 Å². The first-order valence-electron chi connectivity index (χ1n) is 9.27. The van der Waals surface area contributed by atoms with Crippen LogP contribution in [0.3, 0.4) is 0 Å². The molecule has 0 aliphatic carbocycles. The predicted molar refractivity (Wildman–Crippen MR) is 99.9 cm³/mol. The van der Waals surface area contributed by atoms with Crippen molar-refractivity contribution < 1.29 is 0 Å². The number of hydrogen-bond acceptors (Lipinski definition) is 4. The first-order chi connectivity index (χ1) is 11.3. The molecule has 0 aliphatic rings. The monoisotopic (exact) mass is 340 g/mol. The van der Waals surface area contributed by atoms with Gasteiger partial charge in [0.05, 0.1) is 5.69 Å². The van der Waals surface area contributed by atoms with Gasteiger partial charge in [0, 0.05) is 6.54 Å². The van der Waals surface area contributed by atoms with Crippen molar-refractivity contribution in [2.24, 2.45) is 0 Å². The predicted octanol–water partition coefficient (Wildman–Crippen LogP) is 5.53. The number of nitrogens with zero attached hydrogens (tertiary/aromatic N) is 2. The van der Waals surface area contributed by atoms with E-state index in [1.807, 2.05) is 6.92 Å². The molecule has 1 aromatic rings. The van der Waals surface area contributed by atoms with Crippen LogP contribution in [-0.4, -0.2) is 16.5 Å². The fraction of sp³-hybridized carbons (Fsp3) is 0.778. The van der Waals surface area contributed by atoms with Crippen molar-refractivity contribution in [1.29, 1.82) is 0 Å². The van der Waals surface area contributed by atoms with Gasteiger partial charge in [-0.2, -0.15) is 0 Å². The normalized spacial score (nSPS) is 10.9. The summed E-state index contributed by atoms with van der Waals surface area (Å²) in [5, 5.41) is 0.616. The van der Waals surface area contributed by atoms with Gasteiger partial charge in [0.2, 0.25) is 0 Å². The molecule has 5 heteroatoms. The van der Waals surface area contributed by atoms with Gasteiger partial charge in [-0.05, 0) is 12.8 Å². The van der Waals surface area contributed by atoms with Gasteiger partial charge in [-0.3, -0.25) is 0 Å². The van der Waals surface area contributed by atoms with Crippen molar-refractivity contribution in [3.63, 3.8) is 0 Å². The highest BCUT2D eigenvalue weighted by atomic mass is 35.5. The van der Waals surface area contributed by atoms with E-state index in [9.17, 15) is 0 Å². The molecular weight excluding hydrogens is 308 g/mol. The Labute approximate surface area is 146 Å². The van der Waals surface area contributed by atoms with Crippen LogP contribution in [0.4, 0.5) is 5.82 Å². The number of rotatable bonds is 14. The molecule has 0 radical (unpaired) electrons. The highest BCUT2D eigenvalue weighted by Crippen LogP contribution is 2.21. The SMILES string of the molecule is CCCCCCCCCCCCNNc1ncnc(CC)c1Cl. The molecule has 1 aromatic heterocycles. The highest BCUT2D eigenvalue weighted by Gasteiger charge is 2.06. The summed E-state index contributed by atoms with van der Waals surface area (Å²) in [7, 11) is 0. The summed E-state index contributed by atoms with van der Waals surface area (Å²) in [6.07, 6.45) is 15.9. The number of anilines is 1. The second-order valence-corrected chi connectivity index (χ2v) is 6.45. The Kier molecular flexibility index (Phi) is 11.9. The largest absolute Gasteiger partial charge is 0.304 e. The minimum atomic E-state index is 0.616. The molecule has 0 saturated carbocycles. The average molecular weight is 341 g/mol. The smallest absolute Gasteiger partial charge is 0.162 e. The zero-order chi connectivity index (χ0) is 16.8. The molecule has 0 aliphatic heterocycles. The quantitative estimate of drug-likeness (QED) is 0.345. The maximum Gasteiger partial charge on any atom is 0.162 e. The summed E-state index contributed by atoms with van der Waals surface area (Å²) in [5.74, 6) is 0.672. The number of unbranched alkanes of at least 4 members (excludes halogenated alkanes) is 9. The van der Waals surface area contributed by atoms with Gasteiger partial charge in [0.25, 0.3) is 0 Å². The van der Waals surface area contributed by atoms with Gasteiger partial charge in [-0.1, -0.05) is 83.2 Å². The fourth-order valence-electron chi connectivity index (χ4n) is 2.59. The maximum absolute atomic E-state index is 6.22. The fourth-order valence-corrected chi connectivity index (χ4v) is 2.87. The number of hydrogen-bond donors (Lipinski definition) is 2. The Hall–Kier alpha value is -0.870. The van der Waals surface area contributed by atoms with E-state index in [4.69, 9.17) is 11.6 Å². The maximum atomic E-state index is 6.22. The lowest BCUT2D eigenvalue weighted by Crippen LogP contribution is -2.24. The van der Waals surface area contributed by atoms with E-state index in [0.717, 1.165) is 18.7 Å². The lowest BCUT2D eigenvalue weighted by Gasteiger charge is -2.10. The molecule has 0 amide bonds. The highest BCUT2D eigenvalue weighted by molar-refractivity contribution is 6.33. The van der Waals surface area contributed by atoms with Gasteiger partial charge >= 0.3 is 0 Å². The minimum Gasteiger partial charge on any atom is -0.304 e. The van der Waals surface area contributed by atoms with Gasteiger partial charge in [-0.15, -0.1) is 0 Å². The lowest BCUT2D eigenvalue weighted by molar-refractivity contribution is 0.551. The van der Waals surface area contributed by atoms with Crippen molar-refractivity contribution in [2.75, 3.05) is 12.0 Å². The molecule has 0 atom stereocenters. The van der Waals surface area contributed by atoms with E-state index in [2.05, 4.69) is 27.7 Å². The number of hydrazine groups is 1. The number of halogens is 1. The van der Waals surface area contributed by atoms with Crippen LogP contribution in [0, 0.1) is 0 Å². The second kappa shape index (κ2) is 13.6. The summed E-state index contributed by atoms with van der Waals surface area (Å²) >= 11 is 6.22. The van der Waals surface area contributed by atoms with Crippen molar-refractivity contribution in [3.8, 4) is 0 Å². The van der Waals surface area contributed by atoms with Gasteiger partial charge in [-0.25, -0.2) is 15.4 Å². The molecule has 1 heterocycles. The first kappa shape index (κ1) is 20.2. The molecule has 0 fully saturated rings. The van der Waals surface area contributed by atoms with Crippen LogP contribution >= 0.6 is 11.6 Å². The second-order valence-electron chi connectivity index (χ2n) is 6.07. The Bertz CT molecular complexity index is 412. The van der Waals surface area contributed by atoms with E-state index in [0.29, 0.717) is 10.8 Å². The van der Waals surface area contributed by atoms with E-state index in [-0.39, 0.29) is 0 Å². The molecule has 2 N–H and O–H groups in total. The minimum absolute atomic E-state index is 0.616. The van der Waals surface area contributed by atoms with Crippen molar-refractivity contribution in [2.45, 2.75) is 84.5 Å². The van der Waals surface area contributed by atoms with Crippen LogP contribution in [0.25, 0.3) is 0 Å². The Balaban J connectivity index is 1.96. The molecule has 1 rings (SSSR count). The summed E-state index contributed by atoms with van der Waals surface area (Å²) in [5.41, 5.74) is 7.16. The summed E-state index contributed by atoms with van der Waals surface area (Å²) in [4.78, 5) is 8.32. The molecule has 132 valence electrons. The topological polar surface area (TPSA) is 49.8 Å². The van der Waals surface area contributed by atoms with Crippen molar-refractivity contribution in [3.05, 3.63) is 17.0 Å². The summed E-state index contributed by atoms with van der Waals surface area (Å²) in [6.45, 7) is 5.23.